The van der Waals surface area contributed by atoms with Gasteiger partial charge in [-0.3, -0.25) is 0 Å². The second-order valence-corrected chi connectivity index (χ2v) is 4.25. The quantitative estimate of drug-likeness (QED) is 0.781. The summed E-state index contributed by atoms with van der Waals surface area (Å²) in [5.74, 6) is 0.00271. The normalized spacial score (nSPS) is 11.8. The third-order valence-corrected chi connectivity index (χ3v) is 2.67. The summed E-state index contributed by atoms with van der Waals surface area (Å²) >= 11 is 6.40. The highest BCUT2D eigenvalue weighted by Gasteiger charge is 2.34. The Balaban J connectivity index is 2.57. The molecule has 0 unspecified atom stereocenters. The number of alkyl halides is 3. The number of benzene rings is 1. The number of rotatable bonds is 1. The highest BCUT2D eigenvalue weighted by molar-refractivity contribution is 7.10. The van der Waals surface area contributed by atoms with Gasteiger partial charge in [0.05, 0.1) is 5.56 Å². The van der Waals surface area contributed by atoms with Crippen LogP contribution in [0.5, 0.6) is 0 Å². The lowest BCUT2D eigenvalue weighted by atomic mass is 10.1. The average molecular weight is 265 g/mol. The van der Waals surface area contributed by atoms with E-state index in [9.17, 15) is 13.2 Å². The molecule has 2 nitrogen and oxygen atoms in total. The van der Waals surface area contributed by atoms with E-state index in [1.54, 1.807) is 0 Å². The molecule has 1 aromatic heterocycles. The van der Waals surface area contributed by atoms with Gasteiger partial charge in [-0.15, -0.1) is 0 Å². The van der Waals surface area contributed by atoms with Gasteiger partial charge in [0.25, 0.3) is 0 Å². The first-order valence-corrected chi connectivity index (χ1v) is 5.29. The van der Waals surface area contributed by atoms with Gasteiger partial charge >= 0.3 is 6.18 Å². The van der Waals surface area contributed by atoms with E-state index >= 15 is 0 Å². The van der Waals surface area contributed by atoms with Crippen molar-refractivity contribution < 1.29 is 13.2 Å². The molecule has 0 bridgehead atoms. The lowest BCUT2D eigenvalue weighted by Gasteiger charge is -2.09. The molecular weight excluding hydrogens is 261 g/mol. The van der Waals surface area contributed by atoms with Gasteiger partial charge in [0.1, 0.15) is 0 Å². The number of halogens is 4. The van der Waals surface area contributed by atoms with Crippen LogP contribution in [0.2, 0.25) is 4.47 Å². The molecule has 0 aliphatic rings. The monoisotopic (exact) mass is 264 g/mol. The largest absolute Gasteiger partial charge is 0.417 e. The van der Waals surface area contributed by atoms with Crippen LogP contribution < -0.4 is 0 Å². The molecule has 2 rings (SSSR count). The SMILES string of the molecule is FC(F)(F)c1ccccc1-c1nsc(Cl)n1. The minimum Gasteiger partial charge on any atom is -0.203 e. The summed E-state index contributed by atoms with van der Waals surface area (Å²) in [5, 5.41) is 0. The van der Waals surface area contributed by atoms with E-state index in [4.69, 9.17) is 11.6 Å². The molecule has 0 amide bonds. The van der Waals surface area contributed by atoms with Crippen molar-refractivity contribution >= 4 is 23.1 Å². The standard InChI is InChI=1S/C9H4ClF3N2S/c10-8-14-7(15-16-8)5-3-1-2-4-6(5)9(11,12)13/h1-4H. The summed E-state index contributed by atoms with van der Waals surface area (Å²) in [6.45, 7) is 0. The third-order valence-electron chi connectivity index (χ3n) is 1.87. The fourth-order valence-electron chi connectivity index (χ4n) is 1.24. The Hall–Kier alpha value is -1.14. The second-order valence-electron chi connectivity index (χ2n) is 2.91. The van der Waals surface area contributed by atoms with Crippen LogP contribution in [0, 0.1) is 0 Å². The van der Waals surface area contributed by atoms with Crippen LogP contribution in [0.4, 0.5) is 13.2 Å². The maximum Gasteiger partial charge on any atom is 0.417 e. The van der Waals surface area contributed by atoms with Crippen molar-refractivity contribution in [3.63, 3.8) is 0 Å². The number of hydrogen-bond donors (Lipinski definition) is 0. The second kappa shape index (κ2) is 4.03. The molecule has 0 radical (unpaired) electrons. The molecule has 0 saturated heterocycles. The molecule has 0 atom stereocenters. The minimum atomic E-state index is -4.42. The molecule has 0 aliphatic carbocycles. The van der Waals surface area contributed by atoms with Gasteiger partial charge in [0.2, 0.25) is 4.47 Å². The Morgan fingerprint density at radius 1 is 1.19 bits per heavy atom. The predicted molar refractivity (Wildman–Crippen MR) is 55.4 cm³/mol. The highest BCUT2D eigenvalue weighted by Crippen LogP contribution is 2.36. The van der Waals surface area contributed by atoms with Crippen LogP contribution >= 0.6 is 23.1 Å². The molecule has 0 aliphatic heterocycles. The van der Waals surface area contributed by atoms with Crippen molar-refractivity contribution in [3.05, 3.63) is 34.3 Å². The molecule has 0 saturated carbocycles. The lowest BCUT2D eigenvalue weighted by molar-refractivity contribution is -0.137. The fraction of sp³-hybridized carbons (Fsp3) is 0.111. The van der Waals surface area contributed by atoms with E-state index in [1.165, 1.54) is 18.2 Å². The van der Waals surface area contributed by atoms with Gasteiger partial charge in [-0.2, -0.15) is 17.5 Å². The molecule has 2 aromatic rings. The van der Waals surface area contributed by atoms with E-state index < -0.39 is 11.7 Å². The van der Waals surface area contributed by atoms with Gasteiger partial charge in [-0.1, -0.05) is 18.2 Å². The maximum atomic E-state index is 12.7. The first kappa shape index (κ1) is 11.3. The Morgan fingerprint density at radius 2 is 1.88 bits per heavy atom. The van der Waals surface area contributed by atoms with Gasteiger partial charge in [0, 0.05) is 5.56 Å². The maximum absolute atomic E-state index is 12.7. The first-order chi connectivity index (χ1) is 7.48. The smallest absolute Gasteiger partial charge is 0.203 e. The van der Waals surface area contributed by atoms with Crippen molar-refractivity contribution in [2.45, 2.75) is 6.18 Å². The van der Waals surface area contributed by atoms with E-state index in [1.807, 2.05) is 0 Å². The van der Waals surface area contributed by atoms with Crippen LogP contribution in [0.3, 0.4) is 0 Å². The number of nitrogens with zero attached hydrogens (tertiary/aromatic N) is 2. The lowest BCUT2D eigenvalue weighted by Crippen LogP contribution is -2.07. The molecular formula is C9H4ClF3N2S. The summed E-state index contributed by atoms with van der Waals surface area (Å²) in [7, 11) is 0. The number of hydrogen-bond acceptors (Lipinski definition) is 3. The Kier molecular flexibility index (Phi) is 2.86. The zero-order chi connectivity index (χ0) is 11.8. The summed E-state index contributed by atoms with van der Waals surface area (Å²) in [4.78, 5) is 3.73. The van der Waals surface area contributed by atoms with Crippen LogP contribution in [0.1, 0.15) is 5.56 Å². The summed E-state index contributed by atoms with van der Waals surface area (Å²) in [6.07, 6.45) is -4.42. The molecule has 0 spiro atoms. The van der Waals surface area contributed by atoms with Crippen LogP contribution in [0.25, 0.3) is 11.4 Å². The fourth-order valence-corrected chi connectivity index (χ4v) is 1.85. The van der Waals surface area contributed by atoms with Crippen molar-refractivity contribution in [2.75, 3.05) is 0 Å². The van der Waals surface area contributed by atoms with Gasteiger partial charge in [-0.25, -0.2) is 4.98 Å². The summed E-state index contributed by atoms with van der Waals surface area (Å²) in [6, 6.07) is 5.13. The van der Waals surface area contributed by atoms with Crippen molar-refractivity contribution in [3.8, 4) is 11.4 Å². The van der Waals surface area contributed by atoms with E-state index in [-0.39, 0.29) is 15.9 Å². The highest BCUT2D eigenvalue weighted by atomic mass is 35.5. The molecule has 0 fully saturated rings. The van der Waals surface area contributed by atoms with E-state index in [0.717, 1.165) is 17.6 Å². The van der Waals surface area contributed by atoms with Crippen LogP contribution in [-0.2, 0) is 6.18 Å². The molecule has 1 heterocycles. The van der Waals surface area contributed by atoms with E-state index in [0.29, 0.717) is 0 Å². The Morgan fingerprint density at radius 3 is 2.44 bits per heavy atom. The van der Waals surface area contributed by atoms with Crippen molar-refractivity contribution in [1.29, 1.82) is 0 Å². The molecule has 7 heteroatoms. The van der Waals surface area contributed by atoms with Gasteiger partial charge in [0.15, 0.2) is 5.82 Å². The molecule has 84 valence electrons. The zero-order valence-corrected chi connectivity index (χ0v) is 9.20. The van der Waals surface area contributed by atoms with Crippen LogP contribution in [-0.4, -0.2) is 9.36 Å². The summed E-state index contributed by atoms with van der Waals surface area (Å²) < 4.78 is 41.8. The predicted octanol–water partition coefficient (Wildman–Crippen LogP) is 3.88. The zero-order valence-electron chi connectivity index (χ0n) is 7.62. The Labute approximate surface area is 97.9 Å². The average Bonchev–Trinajstić information content (AvgIpc) is 2.64. The van der Waals surface area contributed by atoms with Gasteiger partial charge < -0.3 is 0 Å². The topological polar surface area (TPSA) is 25.8 Å². The minimum absolute atomic E-state index is 0.00271. The van der Waals surface area contributed by atoms with Gasteiger partial charge in [-0.05, 0) is 29.2 Å². The molecule has 0 N–H and O–H groups in total. The Bertz CT molecular complexity index is 509. The summed E-state index contributed by atoms with van der Waals surface area (Å²) in [5.41, 5.74) is -0.817. The van der Waals surface area contributed by atoms with Crippen molar-refractivity contribution in [2.24, 2.45) is 0 Å². The third kappa shape index (κ3) is 2.17. The van der Waals surface area contributed by atoms with Crippen LogP contribution in [0.15, 0.2) is 24.3 Å². The van der Waals surface area contributed by atoms with Crippen molar-refractivity contribution in [1.82, 2.24) is 9.36 Å². The molecule has 1 aromatic carbocycles. The first-order valence-electron chi connectivity index (χ1n) is 4.14. The molecule has 16 heavy (non-hydrogen) atoms. The number of aromatic nitrogens is 2. The van der Waals surface area contributed by atoms with E-state index in [2.05, 4.69) is 9.36 Å².